The molecule has 0 aliphatic heterocycles. The Hall–Kier alpha value is -2.17. The van der Waals surface area contributed by atoms with Gasteiger partial charge in [0.1, 0.15) is 5.82 Å². The van der Waals surface area contributed by atoms with Crippen molar-refractivity contribution in [1.29, 1.82) is 0 Å². The highest BCUT2D eigenvalue weighted by Gasteiger charge is 2.03. The number of carbonyl (C=O) groups excluding carboxylic acids is 1. The van der Waals surface area contributed by atoms with E-state index in [1.807, 2.05) is 25.4 Å². The van der Waals surface area contributed by atoms with E-state index in [4.69, 9.17) is 0 Å². The van der Waals surface area contributed by atoms with Gasteiger partial charge in [-0.2, -0.15) is 5.10 Å². The lowest BCUT2D eigenvalue weighted by Crippen LogP contribution is -2.07. The number of carbonyl (C=O) groups is 1. The highest BCUT2D eigenvalue weighted by atomic mass is 16.1. The third kappa shape index (κ3) is 2.25. The summed E-state index contributed by atoms with van der Waals surface area (Å²) in [6.45, 7) is 1.46. The Kier molecular flexibility index (Phi) is 2.68. The van der Waals surface area contributed by atoms with Crippen LogP contribution in [0.3, 0.4) is 0 Å². The average Bonchev–Trinajstić information content (AvgIpc) is 2.64. The zero-order chi connectivity index (χ0) is 11.5. The highest BCUT2D eigenvalue weighted by Crippen LogP contribution is 2.17. The summed E-state index contributed by atoms with van der Waals surface area (Å²) in [5.74, 6) is 0.421. The van der Waals surface area contributed by atoms with Crippen molar-refractivity contribution in [2.75, 3.05) is 5.32 Å². The first-order chi connectivity index (χ1) is 7.65. The number of hydrogen-bond acceptors (Lipinski definition) is 3. The maximum absolute atomic E-state index is 10.9. The van der Waals surface area contributed by atoms with Crippen molar-refractivity contribution in [2.24, 2.45) is 7.05 Å². The van der Waals surface area contributed by atoms with Crippen LogP contribution in [0.2, 0.25) is 0 Å². The highest BCUT2D eigenvalue weighted by molar-refractivity contribution is 5.87. The molecule has 1 amide bonds. The van der Waals surface area contributed by atoms with E-state index in [1.54, 1.807) is 16.9 Å². The molecule has 0 saturated carbocycles. The fourth-order valence-electron chi connectivity index (χ4n) is 1.40. The zero-order valence-corrected chi connectivity index (χ0v) is 9.14. The Balaban J connectivity index is 2.32. The van der Waals surface area contributed by atoms with E-state index in [0.29, 0.717) is 5.82 Å². The minimum atomic E-state index is -0.129. The van der Waals surface area contributed by atoms with Gasteiger partial charge >= 0.3 is 0 Å². The lowest BCUT2D eigenvalue weighted by atomic mass is 10.2. The summed E-state index contributed by atoms with van der Waals surface area (Å²) >= 11 is 0. The van der Waals surface area contributed by atoms with Gasteiger partial charge in [0.15, 0.2) is 0 Å². The lowest BCUT2D eigenvalue weighted by Gasteiger charge is -2.02. The molecule has 2 aromatic heterocycles. The summed E-state index contributed by atoms with van der Waals surface area (Å²) in [5.41, 5.74) is 1.72. The Morgan fingerprint density at radius 3 is 2.88 bits per heavy atom. The first kappa shape index (κ1) is 10.4. The Morgan fingerprint density at radius 1 is 1.44 bits per heavy atom. The second-order valence-corrected chi connectivity index (χ2v) is 3.49. The third-order valence-electron chi connectivity index (χ3n) is 2.05. The Labute approximate surface area is 93.1 Å². The van der Waals surface area contributed by atoms with Gasteiger partial charge in [0, 0.05) is 25.7 Å². The van der Waals surface area contributed by atoms with E-state index in [2.05, 4.69) is 15.4 Å². The number of pyridine rings is 1. The molecule has 0 radical (unpaired) electrons. The molecule has 16 heavy (non-hydrogen) atoms. The number of aryl methyl sites for hydroxylation is 1. The normalized spacial score (nSPS) is 10.1. The fourth-order valence-corrected chi connectivity index (χ4v) is 1.40. The van der Waals surface area contributed by atoms with Gasteiger partial charge in [-0.25, -0.2) is 4.98 Å². The molecule has 1 N–H and O–H groups in total. The SMILES string of the molecule is CC(=O)Nc1cccc(-c2cnn(C)c2)n1. The molecule has 0 aliphatic rings. The van der Waals surface area contributed by atoms with Crippen LogP contribution in [-0.4, -0.2) is 20.7 Å². The number of anilines is 1. The molecule has 0 aromatic carbocycles. The fraction of sp³-hybridized carbons (Fsp3) is 0.182. The average molecular weight is 216 g/mol. The molecule has 0 aliphatic carbocycles. The zero-order valence-electron chi connectivity index (χ0n) is 9.14. The third-order valence-corrected chi connectivity index (χ3v) is 2.05. The van der Waals surface area contributed by atoms with Crippen LogP contribution < -0.4 is 5.32 Å². The van der Waals surface area contributed by atoms with Crippen LogP contribution in [0.1, 0.15) is 6.92 Å². The number of aromatic nitrogens is 3. The molecular weight excluding hydrogens is 204 g/mol. The standard InChI is InChI=1S/C11H12N4O/c1-8(16)13-11-5-3-4-10(14-11)9-6-12-15(2)7-9/h3-7H,1-2H3,(H,13,14,16). The Morgan fingerprint density at radius 2 is 2.25 bits per heavy atom. The monoisotopic (exact) mass is 216 g/mol. The van der Waals surface area contributed by atoms with Crippen LogP contribution >= 0.6 is 0 Å². The number of rotatable bonds is 2. The van der Waals surface area contributed by atoms with E-state index in [0.717, 1.165) is 11.3 Å². The van der Waals surface area contributed by atoms with Crippen LogP contribution in [0, 0.1) is 0 Å². The van der Waals surface area contributed by atoms with Gasteiger partial charge in [-0.3, -0.25) is 9.48 Å². The Bertz CT molecular complexity index is 518. The summed E-state index contributed by atoms with van der Waals surface area (Å²) < 4.78 is 1.71. The first-order valence-corrected chi connectivity index (χ1v) is 4.89. The van der Waals surface area contributed by atoms with E-state index in [1.165, 1.54) is 6.92 Å². The van der Waals surface area contributed by atoms with Crippen LogP contribution in [-0.2, 0) is 11.8 Å². The molecule has 2 aromatic rings. The van der Waals surface area contributed by atoms with Crippen molar-refractivity contribution >= 4 is 11.7 Å². The smallest absolute Gasteiger partial charge is 0.222 e. The van der Waals surface area contributed by atoms with Crippen molar-refractivity contribution < 1.29 is 4.79 Å². The molecule has 2 heterocycles. The second kappa shape index (κ2) is 4.14. The molecule has 5 nitrogen and oxygen atoms in total. The van der Waals surface area contributed by atoms with Crippen molar-refractivity contribution in [3.63, 3.8) is 0 Å². The van der Waals surface area contributed by atoms with Crippen LogP contribution in [0.4, 0.5) is 5.82 Å². The predicted molar refractivity (Wildman–Crippen MR) is 60.7 cm³/mol. The van der Waals surface area contributed by atoms with Gasteiger partial charge in [-0.05, 0) is 12.1 Å². The van der Waals surface area contributed by atoms with Gasteiger partial charge in [0.25, 0.3) is 0 Å². The topological polar surface area (TPSA) is 59.8 Å². The lowest BCUT2D eigenvalue weighted by molar-refractivity contribution is -0.114. The summed E-state index contributed by atoms with van der Waals surface area (Å²) in [4.78, 5) is 15.2. The van der Waals surface area contributed by atoms with Crippen LogP contribution in [0.15, 0.2) is 30.6 Å². The molecule has 0 fully saturated rings. The van der Waals surface area contributed by atoms with Crippen LogP contribution in [0.25, 0.3) is 11.3 Å². The number of hydrogen-bond donors (Lipinski definition) is 1. The number of nitrogens with one attached hydrogen (secondary N) is 1. The largest absolute Gasteiger partial charge is 0.311 e. The number of amides is 1. The molecule has 0 bridgehead atoms. The van der Waals surface area contributed by atoms with Gasteiger partial charge < -0.3 is 5.32 Å². The van der Waals surface area contributed by atoms with E-state index in [-0.39, 0.29) is 5.91 Å². The van der Waals surface area contributed by atoms with Gasteiger partial charge in [0.2, 0.25) is 5.91 Å². The van der Waals surface area contributed by atoms with Gasteiger partial charge in [-0.15, -0.1) is 0 Å². The van der Waals surface area contributed by atoms with Crippen molar-refractivity contribution in [3.05, 3.63) is 30.6 Å². The van der Waals surface area contributed by atoms with E-state index in [9.17, 15) is 4.79 Å². The van der Waals surface area contributed by atoms with Gasteiger partial charge in [0.05, 0.1) is 11.9 Å². The van der Waals surface area contributed by atoms with Gasteiger partial charge in [-0.1, -0.05) is 6.07 Å². The number of nitrogens with zero attached hydrogens (tertiary/aromatic N) is 3. The molecular formula is C11H12N4O. The second-order valence-electron chi connectivity index (χ2n) is 3.49. The summed E-state index contributed by atoms with van der Waals surface area (Å²) in [7, 11) is 1.85. The molecule has 82 valence electrons. The van der Waals surface area contributed by atoms with Crippen molar-refractivity contribution in [1.82, 2.24) is 14.8 Å². The summed E-state index contributed by atoms with van der Waals surface area (Å²) in [6, 6.07) is 5.48. The molecule has 0 atom stereocenters. The summed E-state index contributed by atoms with van der Waals surface area (Å²) in [5, 5.41) is 6.72. The predicted octanol–water partition coefficient (Wildman–Crippen LogP) is 1.44. The molecule has 0 spiro atoms. The minimum absolute atomic E-state index is 0.129. The van der Waals surface area contributed by atoms with Crippen LogP contribution in [0.5, 0.6) is 0 Å². The quantitative estimate of drug-likeness (QED) is 0.826. The van der Waals surface area contributed by atoms with Crippen molar-refractivity contribution in [2.45, 2.75) is 6.92 Å². The first-order valence-electron chi connectivity index (χ1n) is 4.89. The summed E-state index contributed by atoms with van der Waals surface area (Å²) in [6.07, 6.45) is 3.61. The maximum atomic E-state index is 10.9. The van der Waals surface area contributed by atoms with E-state index >= 15 is 0 Å². The molecule has 0 unspecified atom stereocenters. The van der Waals surface area contributed by atoms with Crippen molar-refractivity contribution in [3.8, 4) is 11.3 Å². The molecule has 5 heteroatoms. The minimum Gasteiger partial charge on any atom is -0.311 e. The van der Waals surface area contributed by atoms with E-state index < -0.39 is 0 Å². The molecule has 2 rings (SSSR count). The molecule has 0 saturated heterocycles. The maximum Gasteiger partial charge on any atom is 0.222 e.